The molecule has 0 fully saturated rings. The predicted molar refractivity (Wildman–Crippen MR) is 79.9 cm³/mol. The molecule has 0 radical (unpaired) electrons. The molecule has 0 spiro atoms. The average molecular weight is 315 g/mol. The molecule has 7 heteroatoms. The fourth-order valence-corrected chi connectivity index (χ4v) is 1.76. The van der Waals surface area contributed by atoms with E-state index in [1.165, 1.54) is 37.4 Å². The highest BCUT2D eigenvalue weighted by molar-refractivity contribution is 5.97. The Bertz CT molecular complexity index is 756. The molecule has 0 unspecified atom stereocenters. The average Bonchev–Trinajstić information content (AvgIpc) is 2.55. The zero-order valence-electron chi connectivity index (χ0n) is 12.1. The topological polar surface area (TPSA) is 102 Å². The maximum absolute atomic E-state index is 12.3. The molecule has 2 rings (SSSR count). The van der Waals surface area contributed by atoms with Gasteiger partial charge in [-0.3, -0.25) is 0 Å². The number of benzene rings is 2. The molecule has 2 aromatic carbocycles. The normalized spacial score (nSPS) is 9.78. The van der Waals surface area contributed by atoms with Gasteiger partial charge in [-0.1, -0.05) is 24.3 Å². The summed E-state index contributed by atoms with van der Waals surface area (Å²) >= 11 is 0. The first-order valence-electron chi connectivity index (χ1n) is 6.56. The van der Waals surface area contributed by atoms with E-state index in [-0.39, 0.29) is 22.6 Å². The molecule has 0 atom stereocenters. The molecule has 0 aliphatic heterocycles. The van der Waals surface area contributed by atoms with E-state index in [9.17, 15) is 14.4 Å². The highest BCUT2D eigenvalue weighted by Crippen LogP contribution is 2.23. The maximum Gasteiger partial charge on any atom is 0.412 e. The van der Waals surface area contributed by atoms with E-state index in [2.05, 4.69) is 5.32 Å². The predicted octanol–water partition coefficient (Wildman–Crippen LogP) is 2.32. The number of para-hydroxylation sites is 2. The smallest absolute Gasteiger partial charge is 0.412 e. The number of esters is 1. The molecule has 23 heavy (non-hydrogen) atoms. The van der Waals surface area contributed by atoms with Crippen LogP contribution >= 0.6 is 0 Å². The van der Waals surface area contributed by atoms with Crippen LogP contribution in [0.15, 0.2) is 48.5 Å². The summed E-state index contributed by atoms with van der Waals surface area (Å²) in [4.78, 5) is 34.7. The Morgan fingerprint density at radius 3 is 1.96 bits per heavy atom. The zero-order valence-corrected chi connectivity index (χ0v) is 12.1. The number of carboxylic acid groups (broad SMARTS) is 1. The molecule has 0 aliphatic carbocycles. The molecular formula is C16H13NO6. The molecule has 0 saturated carbocycles. The highest BCUT2D eigenvalue weighted by Gasteiger charge is 2.19. The molecule has 0 aromatic heterocycles. The van der Waals surface area contributed by atoms with Crippen molar-refractivity contribution in [1.29, 1.82) is 0 Å². The lowest BCUT2D eigenvalue weighted by Gasteiger charge is -2.10. The number of carbonyl (C=O) groups excluding carboxylic acids is 2. The van der Waals surface area contributed by atoms with Crippen molar-refractivity contribution in [2.75, 3.05) is 7.05 Å². The molecule has 7 nitrogen and oxygen atoms in total. The van der Waals surface area contributed by atoms with E-state index in [4.69, 9.17) is 14.6 Å². The van der Waals surface area contributed by atoms with Crippen LogP contribution in [0.25, 0.3) is 0 Å². The minimum absolute atomic E-state index is 0.00343. The van der Waals surface area contributed by atoms with Crippen molar-refractivity contribution in [3.8, 4) is 11.5 Å². The Kier molecular flexibility index (Phi) is 4.93. The summed E-state index contributed by atoms with van der Waals surface area (Å²) in [5.41, 5.74) is -0.151. The largest absolute Gasteiger partial charge is 0.478 e. The third kappa shape index (κ3) is 3.85. The van der Waals surface area contributed by atoms with E-state index in [1.807, 2.05) is 0 Å². The van der Waals surface area contributed by atoms with Crippen LogP contribution in [-0.2, 0) is 0 Å². The van der Waals surface area contributed by atoms with Gasteiger partial charge in [0.1, 0.15) is 22.6 Å². The van der Waals surface area contributed by atoms with Gasteiger partial charge in [-0.15, -0.1) is 0 Å². The fraction of sp³-hybridized carbons (Fsp3) is 0.0625. The number of hydrogen-bond acceptors (Lipinski definition) is 5. The van der Waals surface area contributed by atoms with Crippen molar-refractivity contribution in [1.82, 2.24) is 5.32 Å². The minimum Gasteiger partial charge on any atom is -0.478 e. The van der Waals surface area contributed by atoms with Crippen molar-refractivity contribution < 1.29 is 29.0 Å². The Morgan fingerprint density at radius 1 is 0.870 bits per heavy atom. The van der Waals surface area contributed by atoms with Crippen LogP contribution in [0.3, 0.4) is 0 Å². The van der Waals surface area contributed by atoms with Gasteiger partial charge in [0.25, 0.3) is 0 Å². The Morgan fingerprint density at radius 2 is 1.39 bits per heavy atom. The molecule has 1 amide bonds. The number of hydrogen-bond donors (Lipinski definition) is 2. The minimum atomic E-state index is -1.22. The second kappa shape index (κ2) is 7.08. The van der Waals surface area contributed by atoms with Crippen molar-refractivity contribution in [3.63, 3.8) is 0 Å². The van der Waals surface area contributed by atoms with E-state index in [1.54, 1.807) is 18.2 Å². The second-order valence-electron chi connectivity index (χ2n) is 4.33. The number of rotatable bonds is 4. The Hall–Kier alpha value is -3.35. The van der Waals surface area contributed by atoms with Crippen molar-refractivity contribution in [2.24, 2.45) is 0 Å². The van der Waals surface area contributed by atoms with Crippen molar-refractivity contribution >= 4 is 18.0 Å². The van der Waals surface area contributed by atoms with Gasteiger partial charge >= 0.3 is 18.0 Å². The first-order valence-corrected chi connectivity index (χ1v) is 6.56. The van der Waals surface area contributed by atoms with Gasteiger partial charge in [0, 0.05) is 7.05 Å². The molecule has 118 valence electrons. The van der Waals surface area contributed by atoms with E-state index < -0.39 is 18.0 Å². The van der Waals surface area contributed by atoms with Crippen LogP contribution < -0.4 is 14.8 Å². The number of carbonyl (C=O) groups is 3. The number of nitrogens with one attached hydrogen (secondary N) is 1. The number of ether oxygens (including phenoxy) is 2. The van der Waals surface area contributed by atoms with E-state index in [0.717, 1.165) is 0 Å². The number of carboxylic acids is 1. The van der Waals surface area contributed by atoms with Crippen LogP contribution in [0.5, 0.6) is 11.5 Å². The summed E-state index contributed by atoms with van der Waals surface area (Å²) < 4.78 is 10.1. The summed E-state index contributed by atoms with van der Waals surface area (Å²) in [6.45, 7) is 0. The molecule has 2 aromatic rings. The van der Waals surface area contributed by atoms with Gasteiger partial charge in [-0.2, -0.15) is 0 Å². The summed E-state index contributed by atoms with van der Waals surface area (Å²) in [6, 6.07) is 11.7. The quantitative estimate of drug-likeness (QED) is 0.663. The van der Waals surface area contributed by atoms with Gasteiger partial charge in [-0.25, -0.2) is 14.4 Å². The van der Waals surface area contributed by atoms with Gasteiger partial charge in [0.2, 0.25) is 0 Å². The van der Waals surface area contributed by atoms with Crippen molar-refractivity contribution in [2.45, 2.75) is 0 Å². The summed E-state index contributed by atoms with van der Waals surface area (Å²) in [7, 11) is 1.38. The van der Waals surface area contributed by atoms with Crippen LogP contribution in [-0.4, -0.2) is 30.2 Å². The maximum atomic E-state index is 12.3. The molecule has 0 bridgehead atoms. The van der Waals surface area contributed by atoms with Crippen LogP contribution in [0.1, 0.15) is 20.7 Å². The Labute approximate surface area is 131 Å². The third-order valence-corrected chi connectivity index (χ3v) is 2.83. The van der Waals surface area contributed by atoms with Crippen molar-refractivity contribution in [3.05, 3.63) is 59.7 Å². The van der Waals surface area contributed by atoms with Gasteiger partial charge in [-0.05, 0) is 24.3 Å². The molecule has 2 N–H and O–H groups in total. The van der Waals surface area contributed by atoms with Crippen LogP contribution in [0, 0.1) is 0 Å². The van der Waals surface area contributed by atoms with E-state index >= 15 is 0 Å². The Balaban J connectivity index is 2.29. The summed E-state index contributed by atoms with van der Waals surface area (Å²) in [6.07, 6.45) is -0.740. The first-order chi connectivity index (χ1) is 11.0. The third-order valence-electron chi connectivity index (χ3n) is 2.83. The molecule has 0 heterocycles. The zero-order chi connectivity index (χ0) is 16.8. The summed E-state index contributed by atoms with van der Waals surface area (Å²) in [5, 5.41) is 11.3. The van der Waals surface area contributed by atoms with Gasteiger partial charge < -0.3 is 19.9 Å². The number of aromatic carboxylic acids is 1. The molecule has 0 saturated heterocycles. The molecular weight excluding hydrogens is 302 g/mol. The first kappa shape index (κ1) is 16.0. The number of amides is 1. The lowest BCUT2D eigenvalue weighted by atomic mass is 10.2. The summed E-state index contributed by atoms with van der Waals surface area (Å²) in [5.74, 6) is -2.15. The fourth-order valence-electron chi connectivity index (χ4n) is 1.76. The highest BCUT2D eigenvalue weighted by atomic mass is 16.6. The SMILES string of the molecule is CNC(=O)Oc1ccccc1C(=O)Oc1ccccc1C(=O)O. The van der Waals surface area contributed by atoms with Crippen LogP contribution in [0.4, 0.5) is 4.79 Å². The lowest BCUT2D eigenvalue weighted by Crippen LogP contribution is -2.23. The van der Waals surface area contributed by atoms with E-state index in [0.29, 0.717) is 0 Å². The second-order valence-corrected chi connectivity index (χ2v) is 4.33. The van der Waals surface area contributed by atoms with Gasteiger partial charge in [0.05, 0.1) is 0 Å². The molecule has 0 aliphatic rings. The monoisotopic (exact) mass is 315 g/mol. The van der Waals surface area contributed by atoms with Gasteiger partial charge in [0.15, 0.2) is 0 Å². The van der Waals surface area contributed by atoms with Crippen LogP contribution in [0.2, 0.25) is 0 Å². The lowest BCUT2D eigenvalue weighted by molar-refractivity contribution is 0.0681. The standard InChI is InChI=1S/C16H13NO6/c1-17-16(21)23-13-9-5-3-7-11(13)15(20)22-12-8-4-2-6-10(12)14(18)19/h2-9H,1H3,(H,17,21)(H,18,19).